The van der Waals surface area contributed by atoms with Crippen molar-refractivity contribution < 1.29 is 9.90 Å². The molecule has 7 heteroatoms. The topological polar surface area (TPSA) is 81.8 Å². The minimum Gasteiger partial charge on any atom is -0.370 e. The number of primary amides is 1. The summed E-state index contributed by atoms with van der Waals surface area (Å²) in [6, 6.07) is 16.6. The molecule has 2 atom stereocenters. The number of benzene rings is 2. The number of thioether (sulfide) groups is 1. The third-order valence-electron chi connectivity index (χ3n) is 5.14. The van der Waals surface area contributed by atoms with Crippen LogP contribution in [0.3, 0.4) is 0 Å². The zero-order valence-electron chi connectivity index (χ0n) is 15.0. The summed E-state index contributed by atoms with van der Waals surface area (Å²) in [7, 11) is 0. The van der Waals surface area contributed by atoms with Gasteiger partial charge in [-0.1, -0.05) is 36.0 Å². The molecular formula is C20H24N4O2S. The molecular weight excluding hydrogens is 360 g/mol. The van der Waals surface area contributed by atoms with Gasteiger partial charge >= 0.3 is 0 Å². The molecule has 27 heavy (non-hydrogen) atoms. The second kappa shape index (κ2) is 7.70. The number of rotatable bonds is 5. The van der Waals surface area contributed by atoms with Crippen molar-refractivity contribution >= 4 is 34.7 Å². The number of nitrogens with two attached hydrogens (primary N) is 1. The number of anilines is 3. The Bertz CT molecular complexity index is 817. The van der Waals surface area contributed by atoms with Gasteiger partial charge in [0.25, 0.3) is 0 Å². The van der Waals surface area contributed by atoms with Crippen LogP contribution in [0.5, 0.6) is 0 Å². The molecule has 0 bridgehead atoms. The van der Waals surface area contributed by atoms with E-state index in [4.69, 9.17) is 5.73 Å². The average molecular weight is 385 g/mol. The molecule has 0 aliphatic carbocycles. The Hall–Kier alpha value is -2.38. The van der Waals surface area contributed by atoms with Gasteiger partial charge in [0.1, 0.15) is 0 Å². The highest BCUT2D eigenvalue weighted by Crippen LogP contribution is 2.45. The Morgan fingerprint density at radius 1 is 1.19 bits per heavy atom. The summed E-state index contributed by atoms with van der Waals surface area (Å²) in [5.41, 5.74) is 8.09. The Labute approximate surface area is 163 Å². The van der Waals surface area contributed by atoms with Gasteiger partial charge in [-0.3, -0.25) is 4.79 Å². The van der Waals surface area contributed by atoms with E-state index in [1.807, 2.05) is 30.3 Å². The molecule has 142 valence electrons. The predicted molar refractivity (Wildman–Crippen MR) is 110 cm³/mol. The molecule has 0 saturated carbocycles. The minimum absolute atomic E-state index is 0.177. The second-order valence-corrected chi connectivity index (χ2v) is 7.99. The fourth-order valence-corrected chi connectivity index (χ4v) is 4.83. The SMILES string of the molecule is NC(=O)CCC1CN(c2ccccc2)CCN1c1cccc2c1SC(O)N2. The third kappa shape index (κ3) is 3.84. The van der Waals surface area contributed by atoms with Gasteiger partial charge in [-0.15, -0.1) is 0 Å². The first-order valence-electron chi connectivity index (χ1n) is 9.21. The molecule has 2 heterocycles. The van der Waals surface area contributed by atoms with Gasteiger partial charge in [0.15, 0.2) is 5.56 Å². The van der Waals surface area contributed by atoms with Crippen LogP contribution in [0.4, 0.5) is 17.1 Å². The van der Waals surface area contributed by atoms with Crippen molar-refractivity contribution in [3.8, 4) is 0 Å². The fraction of sp³-hybridized carbons (Fsp3) is 0.350. The normalized spacial score (nSPS) is 21.7. The van der Waals surface area contributed by atoms with Crippen LogP contribution < -0.4 is 20.9 Å². The van der Waals surface area contributed by atoms with E-state index in [0.717, 1.165) is 35.9 Å². The molecule has 6 nitrogen and oxygen atoms in total. The number of nitrogens with zero attached hydrogens (tertiary/aromatic N) is 2. The Balaban J connectivity index is 1.60. The first-order valence-corrected chi connectivity index (χ1v) is 10.1. The van der Waals surface area contributed by atoms with Crippen molar-refractivity contribution in [1.29, 1.82) is 0 Å². The average Bonchev–Trinajstić information content (AvgIpc) is 3.07. The van der Waals surface area contributed by atoms with E-state index in [0.29, 0.717) is 12.8 Å². The standard InChI is InChI=1S/C20H24N4O2S/c21-18(25)10-9-15-13-23(14-5-2-1-3-6-14)11-12-24(15)17-8-4-7-16-19(17)27-20(26)22-16/h1-8,15,20,22,26H,9-13H2,(H2,21,25). The molecule has 2 aliphatic rings. The van der Waals surface area contributed by atoms with E-state index in [9.17, 15) is 9.90 Å². The number of fused-ring (bicyclic) bond motifs is 1. The molecule has 1 fully saturated rings. The molecule has 1 amide bonds. The fourth-order valence-electron chi connectivity index (χ4n) is 3.86. The Morgan fingerprint density at radius 2 is 2.00 bits per heavy atom. The van der Waals surface area contributed by atoms with Gasteiger partial charge in [0, 0.05) is 37.8 Å². The van der Waals surface area contributed by atoms with Gasteiger partial charge in [-0.05, 0) is 30.7 Å². The van der Waals surface area contributed by atoms with Gasteiger partial charge in [-0.2, -0.15) is 0 Å². The number of amides is 1. The van der Waals surface area contributed by atoms with Crippen LogP contribution in [-0.4, -0.2) is 42.2 Å². The van der Waals surface area contributed by atoms with Crippen molar-refractivity contribution in [2.45, 2.75) is 29.3 Å². The number of carbonyl (C=O) groups is 1. The van der Waals surface area contributed by atoms with Crippen LogP contribution in [0.2, 0.25) is 0 Å². The lowest BCUT2D eigenvalue weighted by atomic mass is 10.0. The molecule has 4 N–H and O–H groups in total. The minimum atomic E-state index is -0.615. The van der Waals surface area contributed by atoms with Crippen LogP contribution in [-0.2, 0) is 4.79 Å². The molecule has 4 rings (SSSR count). The first-order chi connectivity index (χ1) is 13.1. The lowest BCUT2D eigenvalue weighted by Crippen LogP contribution is -2.54. The quantitative estimate of drug-likeness (QED) is 0.735. The number of aliphatic hydroxyl groups is 1. The molecule has 0 radical (unpaired) electrons. The van der Waals surface area contributed by atoms with E-state index in [1.165, 1.54) is 17.4 Å². The lowest BCUT2D eigenvalue weighted by Gasteiger charge is -2.44. The first kappa shape index (κ1) is 18.0. The number of para-hydroxylation sites is 1. The number of hydrogen-bond donors (Lipinski definition) is 3. The Kier molecular flexibility index (Phi) is 5.13. The molecule has 0 spiro atoms. The monoisotopic (exact) mass is 384 g/mol. The summed E-state index contributed by atoms with van der Waals surface area (Å²) < 4.78 is 0. The van der Waals surface area contributed by atoms with Crippen molar-refractivity contribution in [2.75, 3.05) is 34.8 Å². The smallest absolute Gasteiger partial charge is 0.217 e. The van der Waals surface area contributed by atoms with E-state index in [2.05, 4.69) is 33.3 Å². The van der Waals surface area contributed by atoms with Crippen molar-refractivity contribution in [2.24, 2.45) is 5.73 Å². The lowest BCUT2D eigenvalue weighted by molar-refractivity contribution is -0.118. The molecule has 2 aliphatic heterocycles. The largest absolute Gasteiger partial charge is 0.370 e. The molecule has 2 unspecified atom stereocenters. The van der Waals surface area contributed by atoms with E-state index in [-0.39, 0.29) is 11.9 Å². The summed E-state index contributed by atoms with van der Waals surface area (Å²) in [6.45, 7) is 2.59. The highest BCUT2D eigenvalue weighted by atomic mass is 32.2. The van der Waals surface area contributed by atoms with E-state index >= 15 is 0 Å². The predicted octanol–water partition coefficient (Wildman–Crippen LogP) is 2.44. The summed E-state index contributed by atoms with van der Waals surface area (Å²) in [5, 5.41) is 13.1. The number of carbonyl (C=O) groups excluding carboxylic acids is 1. The zero-order valence-corrected chi connectivity index (χ0v) is 15.9. The summed E-state index contributed by atoms with van der Waals surface area (Å²) in [6.07, 6.45) is 1.08. The number of hydrogen-bond acceptors (Lipinski definition) is 6. The molecule has 1 saturated heterocycles. The maximum Gasteiger partial charge on any atom is 0.217 e. The molecule has 2 aromatic rings. The van der Waals surface area contributed by atoms with Crippen LogP contribution in [0, 0.1) is 0 Å². The number of aliphatic hydroxyl groups excluding tert-OH is 1. The summed E-state index contributed by atoms with van der Waals surface area (Å²) in [4.78, 5) is 17.2. The Morgan fingerprint density at radius 3 is 2.78 bits per heavy atom. The van der Waals surface area contributed by atoms with E-state index < -0.39 is 5.56 Å². The summed E-state index contributed by atoms with van der Waals surface area (Å²) in [5.74, 6) is -0.267. The van der Waals surface area contributed by atoms with E-state index in [1.54, 1.807) is 0 Å². The molecule has 0 aromatic heterocycles. The van der Waals surface area contributed by atoms with Crippen LogP contribution in [0.1, 0.15) is 12.8 Å². The molecule has 2 aromatic carbocycles. The van der Waals surface area contributed by atoms with Gasteiger partial charge in [-0.25, -0.2) is 0 Å². The number of piperazine rings is 1. The van der Waals surface area contributed by atoms with Gasteiger partial charge < -0.3 is 26.0 Å². The maximum atomic E-state index is 11.4. The van der Waals surface area contributed by atoms with Crippen molar-refractivity contribution in [3.05, 3.63) is 48.5 Å². The highest BCUT2D eigenvalue weighted by molar-refractivity contribution is 8.00. The zero-order chi connectivity index (χ0) is 18.8. The summed E-state index contributed by atoms with van der Waals surface area (Å²) >= 11 is 1.43. The van der Waals surface area contributed by atoms with Gasteiger partial charge in [0.2, 0.25) is 5.91 Å². The van der Waals surface area contributed by atoms with Crippen LogP contribution in [0.25, 0.3) is 0 Å². The number of nitrogens with one attached hydrogen (secondary N) is 1. The van der Waals surface area contributed by atoms with Crippen LogP contribution in [0.15, 0.2) is 53.4 Å². The second-order valence-electron chi connectivity index (χ2n) is 6.90. The van der Waals surface area contributed by atoms with Crippen LogP contribution >= 0.6 is 11.8 Å². The third-order valence-corrected chi connectivity index (χ3v) is 6.15. The van der Waals surface area contributed by atoms with Crippen molar-refractivity contribution in [1.82, 2.24) is 0 Å². The highest BCUT2D eigenvalue weighted by Gasteiger charge is 2.31. The maximum absolute atomic E-state index is 11.4. The van der Waals surface area contributed by atoms with Gasteiger partial charge in [0.05, 0.1) is 16.3 Å². The van der Waals surface area contributed by atoms with Crippen molar-refractivity contribution in [3.63, 3.8) is 0 Å².